The number of hydrogen-bond donors (Lipinski definition) is 1. The third-order valence-electron chi connectivity index (χ3n) is 3.54. The summed E-state index contributed by atoms with van der Waals surface area (Å²) in [5, 5.41) is 10.1. The highest BCUT2D eigenvalue weighted by atomic mass is 35.5. The van der Waals surface area contributed by atoms with Crippen molar-refractivity contribution in [3.05, 3.63) is 73.1 Å². The fourth-order valence-electron chi connectivity index (χ4n) is 2.59. The summed E-state index contributed by atoms with van der Waals surface area (Å²) in [6.45, 7) is 1.61. The molecule has 0 aliphatic carbocycles. The number of hydrogen-bond acceptors (Lipinski definition) is 5. The van der Waals surface area contributed by atoms with Crippen molar-refractivity contribution >= 4 is 23.2 Å². The Hall–Kier alpha value is -2.42. The lowest BCUT2D eigenvalue weighted by atomic mass is 9.84. The van der Waals surface area contributed by atoms with Crippen LogP contribution < -0.4 is 16.1 Å². The molecule has 0 spiro atoms. The second kappa shape index (κ2) is 5.65. The molecule has 1 atom stereocenters. The largest absolute Gasteiger partial charge is 0.440 e. The molecule has 0 amide bonds. The van der Waals surface area contributed by atoms with Crippen LogP contribution in [0.25, 0.3) is 0 Å². The van der Waals surface area contributed by atoms with E-state index in [9.17, 15) is 10.1 Å². The smallest absolute Gasteiger partial charge is 0.343 e. The van der Waals surface area contributed by atoms with Gasteiger partial charge < -0.3 is 14.9 Å². The van der Waals surface area contributed by atoms with E-state index in [-0.39, 0.29) is 22.8 Å². The lowest BCUT2D eigenvalue weighted by molar-refractivity contribution is 0.371. The SMILES string of the molecule is Cc1cc2c(c(=O)o1)[C@H](c1c(Cl)cccc1Cl)C(C#N)=C(N)O2. The maximum atomic E-state index is 12.4. The molecule has 2 heterocycles. The van der Waals surface area contributed by atoms with Gasteiger partial charge in [0.1, 0.15) is 23.2 Å². The van der Waals surface area contributed by atoms with Crippen molar-refractivity contribution in [2.45, 2.75) is 12.8 Å². The molecule has 3 rings (SSSR count). The molecule has 1 aliphatic heterocycles. The van der Waals surface area contributed by atoms with Gasteiger partial charge in [0.2, 0.25) is 5.88 Å². The van der Waals surface area contributed by atoms with E-state index in [1.807, 2.05) is 6.07 Å². The summed E-state index contributed by atoms with van der Waals surface area (Å²) in [7, 11) is 0. The van der Waals surface area contributed by atoms with E-state index in [1.54, 1.807) is 25.1 Å². The van der Waals surface area contributed by atoms with Crippen LogP contribution in [0.4, 0.5) is 0 Å². The Balaban J connectivity index is 2.40. The molecule has 0 bridgehead atoms. The molecule has 0 saturated carbocycles. The van der Waals surface area contributed by atoms with E-state index in [4.69, 9.17) is 38.1 Å². The molecule has 2 N–H and O–H groups in total. The summed E-state index contributed by atoms with van der Waals surface area (Å²) < 4.78 is 10.6. The Morgan fingerprint density at radius 2 is 1.91 bits per heavy atom. The van der Waals surface area contributed by atoms with Crippen molar-refractivity contribution in [2.75, 3.05) is 0 Å². The molecule has 2 aromatic rings. The minimum Gasteiger partial charge on any atom is -0.440 e. The van der Waals surface area contributed by atoms with Crippen LogP contribution in [0.3, 0.4) is 0 Å². The fourth-order valence-corrected chi connectivity index (χ4v) is 3.21. The zero-order valence-electron chi connectivity index (χ0n) is 11.9. The molecular weight excluding hydrogens is 339 g/mol. The van der Waals surface area contributed by atoms with Crippen molar-refractivity contribution in [2.24, 2.45) is 5.73 Å². The van der Waals surface area contributed by atoms with Crippen LogP contribution in [0, 0.1) is 18.3 Å². The number of fused-ring (bicyclic) bond motifs is 1. The zero-order valence-corrected chi connectivity index (χ0v) is 13.4. The van der Waals surface area contributed by atoms with Gasteiger partial charge in [-0.15, -0.1) is 0 Å². The summed E-state index contributed by atoms with van der Waals surface area (Å²) in [5.41, 5.74) is 5.85. The van der Waals surface area contributed by atoms with Gasteiger partial charge in [-0.25, -0.2) is 4.79 Å². The van der Waals surface area contributed by atoms with Gasteiger partial charge in [-0.3, -0.25) is 0 Å². The van der Waals surface area contributed by atoms with Crippen LogP contribution in [0.1, 0.15) is 22.8 Å². The summed E-state index contributed by atoms with van der Waals surface area (Å²) in [4.78, 5) is 12.4. The number of benzene rings is 1. The Morgan fingerprint density at radius 1 is 1.26 bits per heavy atom. The number of nitrogens with zero attached hydrogens (tertiary/aromatic N) is 1. The summed E-state index contributed by atoms with van der Waals surface area (Å²) in [6, 6.07) is 8.43. The Kier molecular flexibility index (Phi) is 3.80. The molecule has 116 valence electrons. The normalized spacial score (nSPS) is 16.5. The van der Waals surface area contributed by atoms with Gasteiger partial charge >= 0.3 is 5.63 Å². The number of nitriles is 1. The van der Waals surface area contributed by atoms with Crippen LogP contribution in [0.15, 0.2) is 44.9 Å². The molecule has 0 fully saturated rings. The van der Waals surface area contributed by atoms with Crippen molar-refractivity contribution in [1.82, 2.24) is 0 Å². The molecule has 1 aromatic heterocycles. The highest BCUT2D eigenvalue weighted by molar-refractivity contribution is 6.36. The van der Waals surface area contributed by atoms with E-state index in [0.717, 1.165) is 0 Å². The number of allylic oxidation sites excluding steroid dienone is 1. The van der Waals surface area contributed by atoms with Crippen LogP contribution in [0.2, 0.25) is 10.0 Å². The van der Waals surface area contributed by atoms with Crippen LogP contribution in [-0.2, 0) is 0 Å². The first-order valence-electron chi connectivity index (χ1n) is 6.60. The molecule has 0 saturated heterocycles. The van der Waals surface area contributed by atoms with E-state index in [0.29, 0.717) is 21.4 Å². The minimum atomic E-state index is -0.846. The predicted octanol–water partition coefficient (Wildman–Crippen LogP) is 3.47. The maximum absolute atomic E-state index is 12.4. The molecule has 5 nitrogen and oxygen atoms in total. The highest BCUT2D eigenvalue weighted by Gasteiger charge is 2.36. The number of nitrogens with two attached hydrogens (primary N) is 1. The van der Waals surface area contributed by atoms with E-state index >= 15 is 0 Å². The standard InChI is InChI=1S/C16H10Cl2N2O3/c1-7-5-11-14(16(21)22-7)12(8(6-19)15(20)23-11)13-9(17)3-2-4-10(13)18/h2-5,12H,20H2,1H3/t12-/m0/s1. The molecule has 23 heavy (non-hydrogen) atoms. The number of ether oxygens (including phenoxy) is 1. The topological polar surface area (TPSA) is 89.2 Å². The molecular formula is C16H10Cl2N2O3. The molecule has 0 radical (unpaired) electrons. The summed E-state index contributed by atoms with van der Waals surface area (Å²) >= 11 is 12.5. The lowest BCUT2D eigenvalue weighted by Gasteiger charge is -2.26. The molecule has 7 heteroatoms. The lowest BCUT2D eigenvalue weighted by Crippen LogP contribution is -2.26. The van der Waals surface area contributed by atoms with Gasteiger partial charge in [-0.2, -0.15) is 5.26 Å². The molecule has 1 aliphatic rings. The van der Waals surface area contributed by atoms with Crippen molar-refractivity contribution in [3.63, 3.8) is 0 Å². The Bertz CT molecular complexity index is 921. The fraction of sp³-hybridized carbons (Fsp3) is 0.125. The summed E-state index contributed by atoms with van der Waals surface area (Å²) in [6.07, 6.45) is 0. The number of aryl methyl sites for hydroxylation is 1. The maximum Gasteiger partial charge on any atom is 0.343 e. The second-order valence-electron chi connectivity index (χ2n) is 4.98. The van der Waals surface area contributed by atoms with Gasteiger partial charge in [0, 0.05) is 21.7 Å². The van der Waals surface area contributed by atoms with Crippen molar-refractivity contribution < 1.29 is 9.15 Å². The quantitative estimate of drug-likeness (QED) is 0.851. The number of halogens is 2. The van der Waals surface area contributed by atoms with Crippen LogP contribution in [0.5, 0.6) is 5.75 Å². The minimum absolute atomic E-state index is 0.0589. The van der Waals surface area contributed by atoms with Gasteiger partial charge in [-0.05, 0) is 19.1 Å². The average molecular weight is 349 g/mol. The molecule has 0 unspecified atom stereocenters. The molecule has 1 aromatic carbocycles. The van der Waals surface area contributed by atoms with Gasteiger partial charge in [0.05, 0.1) is 11.5 Å². The predicted molar refractivity (Wildman–Crippen MR) is 85.5 cm³/mol. The first-order valence-corrected chi connectivity index (χ1v) is 7.35. The Labute approximate surface area is 141 Å². The van der Waals surface area contributed by atoms with Gasteiger partial charge in [0.25, 0.3) is 0 Å². The van der Waals surface area contributed by atoms with Crippen LogP contribution >= 0.6 is 23.2 Å². The first-order chi connectivity index (χ1) is 10.9. The van der Waals surface area contributed by atoms with E-state index < -0.39 is 11.5 Å². The highest BCUT2D eigenvalue weighted by Crippen LogP contribution is 2.45. The van der Waals surface area contributed by atoms with Crippen LogP contribution in [-0.4, -0.2) is 0 Å². The number of rotatable bonds is 1. The van der Waals surface area contributed by atoms with Crippen molar-refractivity contribution in [1.29, 1.82) is 5.26 Å². The van der Waals surface area contributed by atoms with Gasteiger partial charge in [-0.1, -0.05) is 29.3 Å². The second-order valence-corrected chi connectivity index (χ2v) is 5.80. The van der Waals surface area contributed by atoms with Gasteiger partial charge in [0.15, 0.2) is 0 Å². The zero-order chi connectivity index (χ0) is 16.7. The third kappa shape index (κ3) is 2.46. The van der Waals surface area contributed by atoms with E-state index in [2.05, 4.69) is 0 Å². The van der Waals surface area contributed by atoms with Crippen molar-refractivity contribution in [3.8, 4) is 11.8 Å². The third-order valence-corrected chi connectivity index (χ3v) is 4.20. The summed E-state index contributed by atoms with van der Waals surface area (Å²) in [5.74, 6) is -0.338. The average Bonchev–Trinajstić information content (AvgIpc) is 2.46. The first kappa shape index (κ1) is 15.5. The monoisotopic (exact) mass is 348 g/mol. The van der Waals surface area contributed by atoms with E-state index in [1.165, 1.54) is 6.07 Å². The Morgan fingerprint density at radius 3 is 2.52 bits per heavy atom.